The first-order valence-electron chi connectivity index (χ1n) is 9.33. The van der Waals surface area contributed by atoms with Gasteiger partial charge in [0.25, 0.3) is 0 Å². The molecule has 2 rings (SSSR count). The molecule has 1 atom stereocenters. The molecule has 0 aliphatic rings. The van der Waals surface area contributed by atoms with Gasteiger partial charge < -0.3 is 10.2 Å². The van der Waals surface area contributed by atoms with Gasteiger partial charge in [-0.05, 0) is 42.2 Å². The second kappa shape index (κ2) is 10.5. The summed E-state index contributed by atoms with van der Waals surface area (Å²) < 4.78 is 0. The zero-order valence-electron chi connectivity index (χ0n) is 16.4. The van der Waals surface area contributed by atoms with Gasteiger partial charge in [-0.1, -0.05) is 67.4 Å². The number of benzene rings is 2. The molecule has 4 nitrogen and oxygen atoms in total. The molecule has 0 aliphatic carbocycles. The summed E-state index contributed by atoms with van der Waals surface area (Å²) in [7, 11) is 0. The van der Waals surface area contributed by atoms with Crippen molar-refractivity contribution in [1.82, 2.24) is 10.2 Å². The van der Waals surface area contributed by atoms with Crippen molar-refractivity contribution in [3.8, 4) is 0 Å². The molecule has 1 N–H and O–H groups in total. The van der Waals surface area contributed by atoms with Crippen molar-refractivity contribution >= 4 is 35.0 Å². The van der Waals surface area contributed by atoms with Crippen LogP contribution in [0.25, 0.3) is 0 Å². The first kappa shape index (κ1) is 22.3. The number of carbonyl (C=O) groups is 2. The van der Waals surface area contributed by atoms with E-state index >= 15 is 0 Å². The van der Waals surface area contributed by atoms with Crippen LogP contribution in [-0.2, 0) is 22.6 Å². The average molecular weight is 421 g/mol. The molecular formula is C22H26Cl2N2O2. The molecule has 0 saturated heterocycles. The maximum Gasteiger partial charge on any atom is 0.242 e. The van der Waals surface area contributed by atoms with E-state index in [9.17, 15) is 9.59 Å². The highest BCUT2D eigenvalue weighted by Crippen LogP contribution is 2.19. The van der Waals surface area contributed by atoms with Crippen LogP contribution in [0, 0.1) is 5.92 Å². The zero-order valence-corrected chi connectivity index (χ0v) is 17.9. The fraction of sp³-hybridized carbons (Fsp3) is 0.364. The van der Waals surface area contributed by atoms with Gasteiger partial charge in [0.05, 0.1) is 6.42 Å². The minimum absolute atomic E-state index is 0.127. The standard InChI is InChI=1S/C22H26Cl2N2O2/c1-15(2)13-25-22(28)16(3)26(14-17-7-6-9-19(23)11-17)21(27)12-18-8-4-5-10-20(18)24/h4-11,15-16H,12-14H2,1-3H3,(H,25,28)/t16-/m0/s1. The van der Waals surface area contributed by atoms with Crippen molar-refractivity contribution in [2.45, 2.75) is 39.8 Å². The van der Waals surface area contributed by atoms with E-state index in [1.54, 1.807) is 30.0 Å². The molecule has 0 aliphatic heterocycles. The molecule has 150 valence electrons. The number of halogens is 2. The van der Waals surface area contributed by atoms with E-state index in [1.807, 2.05) is 44.2 Å². The Kier molecular flexibility index (Phi) is 8.34. The lowest BCUT2D eigenvalue weighted by molar-refractivity contribution is -0.140. The lowest BCUT2D eigenvalue weighted by atomic mass is 10.1. The highest BCUT2D eigenvalue weighted by molar-refractivity contribution is 6.31. The summed E-state index contributed by atoms with van der Waals surface area (Å²) in [5, 5.41) is 4.03. The van der Waals surface area contributed by atoms with E-state index < -0.39 is 6.04 Å². The Balaban J connectivity index is 2.22. The first-order valence-corrected chi connectivity index (χ1v) is 10.1. The van der Waals surface area contributed by atoms with Crippen LogP contribution in [0.4, 0.5) is 0 Å². The molecule has 28 heavy (non-hydrogen) atoms. The van der Waals surface area contributed by atoms with Gasteiger partial charge in [0, 0.05) is 23.1 Å². The number of nitrogens with zero attached hydrogens (tertiary/aromatic N) is 1. The molecule has 0 bridgehead atoms. The number of amides is 2. The molecule has 0 spiro atoms. The summed E-state index contributed by atoms with van der Waals surface area (Å²) >= 11 is 12.3. The number of nitrogens with one attached hydrogen (secondary N) is 1. The molecule has 0 radical (unpaired) electrons. The molecule has 2 aromatic rings. The van der Waals surface area contributed by atoms with E-state index in [-0.39, 0.29) is 18.2 Å². The Morgan fingerprint density at radius 3 is 2.39 bits per heavy atom. The molecular weight excluding hydrogens is 395 g/mol. The van der Waals surface area contributed by atoms with E-state index in [4.69, 9.17) is 23.2 Å². The zero-order chi connectivity index (χ0) is 20.7. The predicted molar refractivity (Wildman–Crippen MR) is 114 cm³/mol. The Morgan fingerprint density at radius 2 is 1.75 bits per heavy atom. The van der Waals surface area contributed by atoms with Crippen molar-refractivity contribution in [1.29, 1.82) is 0 Å². The van der Waals surface area contributed by atoms with Gasteiger partial charge in [0.1, 0.15) is 6.04 Å². The second-order valence-electron chi connectivity index (χ2n) is 7.23. The van der Waals surface area contributed by atoms with Crippen LogP contribution in [0.5, 0.6) is 0 Å². The SMILES string of the molecule is CC(C)CNC(=O)[C@H](C)N(Cc1cccc(Cl)c1)C(=O)Cc1ccccc1Cl. The lowest BCUT2D eigenvalue weighted by Gasteiger charge is -2.29. The third-order valence-corrected chi connectivity index (χ3v) is 5.00. The van der Waals surface area contributed by atoms with Crippen LogP contribution >= 0.6 is 23.2 Å². The Labute approximate surface area is 176 Å². The number of carbonyl (C=O) groups excluding carboxylic acids is 2. The molecule has 2 aromatic carbocycles. The third-order valence-electron chi connectivity index (χ3n) is 4.39. The van der Waals surface area contributed by atoms with Crippen LogP contribution in [0.1, 0.15) is 31.9 Å². The smallest absolute Gasteiger partial charge is 0.242 e. The van der Waals surface area contributed by atoms with Crippen LogP contribution < -0.4 is 5.32 Å². The number of rotatable bonds is 8. The van der Waals surface area contributed by atoms with Gasteiger partial charge in [0.2, 0.25) is 11.8 Å². The molecule has 6 heteroatoms. The van der Waals surface area contributed by atoms with Crippen molar-refractivity contribution in [2.24, 2.45) is 5.92 Å². The van der Waals surface area contributed by atoms with Gasteiger partial charge in [-0.3, -0.25) is 9.59 Å². The molecule has 0 unspecified atom stereocenters. The van der Waals surface area contributed by atoms with Crippen molar-refractivity contribution in [3.63, 3.8) is 0 Å². The predicted octanol–water partition coefficient (Wildman–Crippen LogP) is 4.73. The van der Waals surface area contributed by atoms with E-state index in [1.165, 1.54) is 0 Å². The lowest BCUT2D eigenvalue weighted by Crippen LogP contribution is -2.48. The number of hydrogen-bond acceptors (Lipinski definition) is 2. The van der Waals surface area contributed by atoms with Crippen LogP contribution in [-0.4, -0.2) is 29.3 Å². The molecule has 0 aromatic heterocycles. The Morgan fingerprint density at radius 1 is 1.04 bits per heavy atom. The summed E-state index contributed by atoms with van der Waals surface area (Å²) in [6, 6.07) is 13.9. The third kappa shape index (κ3) is 6.54. The molecule has 0 saturated carbocycles. The summed E-state index contributed by atoms with van der Waals surface area (Å²) in [4.78, 5) is 27.3. The van der Waals surface area contributed by atoms with Gasteiger partial charge in [-0.2, -0.15) is 0 Å². The summed E-state index contributed by atoms with van der Waals surface area (Å²) in [5.41, 5.74) is 1.60. The minimum atomic E-state index is -0.618. The highest BCUT2D eigenvalue weighted by atomic mass is 35.5. The van der Waals surface area contributed by atoms with Gasteiger partial charge in [0.15, 0.2) is 0 Å². The Bertz CT molecular complexity index is 824. The first-order chi connectivity index (χ1) is 13.3. The van der Waals surface area contributed by atoms with Gasteiger partial charge >= 0.3 is 0 Å². The maximum atomic E-state index is 13.1. The highest BCUT2D eigenvalue weighted by Gasteiger charge is 2.26. The van der Waals surface area contributed by atoms with Gasteiger partial charge in [-0.25, -0.2) is 0 Å². The largest absolute Gasteiger partial charge is 0.354 e. The number of hydrogen-bond donors (Lipinski definition) is 1. The van der Waals surface area contributed by atoms with Gasteiger partial charge in [-0.15, -0.1) is 0 Å². The van der Waals surface area contributed by atoms with E-state index in [2.05, 4.69) is 5.32 Å². The normalized spacial score (nSPS) is 11.9. The topological polar surface area (TPSA) is 49.4 Å². The van der Waals surface area contributed by atoms with Crippen molar-refractivity contribution in [3.05, 3.63) is 69.7 Å². The van der Waals surface area contributed by atoms with E-state index in [0.29, 0.717) is 29.1 Å². The average Bonchev–Trinajstić information content (AvgIpc) is 2.65. The van der Waals surface area contributed by atoms with E-state index in [0.717, 1.165) is 11.1 Å². The molecule has 0 heterocycles. The fourth-order valence-corrected chi connectivity index (χ4v) is 3.19. The van der Waals surface area contributed by atoms with Crippen LogP contribution in [0.2, 0.25) is 10.0 Å². The molecule has 0 fully saturated rings. The fourth-order valence-electron chi connectivity index (χ4n) is 2.77. The summed E-state index contributed by atoms with van der Waals surface area (Å²) in [6.45, 7) is 6.65. The Hall–Kier alpha value is -2.04. The van der Waals surface area contributed by atoms with Crippen molar-refractivity contribution in [2.75, 3.05) is 6.54 Å². The summed E-state index contributed by atoms with van der Waals surface area (Å²) in [6.07, 6.45) is 0.127. The minimum Gasteiger partial charge on any atom is -0.354 e. The summed E-state index contributed by atoms with van der Waals surface area (Å²) in [5.74, 6) is -0.0140. The van der Waals surface area contributed by atoms with Crippen molar-refractivity contribution < 1.29 is 9.59 Å². The quantitative estimate of drug-likeness (QED) is 0.670. The van der Waals surface area contributed by atoms with Crippen LogP contribution in [0.15, 0.2) is 48.5 Å². The molecule has 2 amide bonds. The second-order valence-corrected chi connectivity index (χ2v) is 8.08. The maximum absolute atomic E-state index is 13.1. The monoisotopic (exact) mass is 420 g/mol. The van der Waals surface area contributed by atoms with Crippen LogP contribution in [0.3, 0.4) is 0 Å².